The maximum absolute atomic E-state index is 10.5. The molecular weight excluding hydrogens is 337 g/mol. The number of hydrogen-bond donors (Lipinski definition) is 2. The zero-order valence-corrected chi connectivity index (χ0v) is 15.2. The molecule has 0 aliphatic carbocycles. The van der Waals surface area contributed by atoms with Crippen LogP contribution in [-0.4, -0.2) is 43.3 Å². The standard InChI is InChI=1S/C16H23N3O2.2ClH/c1-3-4-14(19-7-5-18-6-8-19)13-9-12(11-17)10-15(21-2)16(13)20;;/h9-10,14,18,20H,3-8H2,1-2H3;2*1H/t14-;;/m1../s1. The van der Waals surface area contributed by atoms with Crippen molar-refractivity contribution in [2.45, 2.75) is 25.8 Å². The zero-order chi connectivity index (χ0) is 15.2. The maximum atomic E-state index is 10.5. The Morgan fingerprint density at radius 1 is 1.35 bits per heavy atom. The molecule has 23 heavy (non-hydrogen) atoms. The molecule has 0 saturated carbocycles. The SMILES string of the molecule is CCC[C@H](c1cc(C#N)cc(OC)c1O)N1CCNCC1.Cl.Cl. The molecule has 1 aromatic carbocycles. The number of hydrogen-bond acceptors (Lipinski definition) is 5. The van der Waals surface area contributed by atoms with Crippen molar-refractivity contribution in [3.05, 3.63) is 23.3 Å². The summed E-state index contributed by atoms with van der Waals surface area (Å²) < 4.78 is 5.21. The number of nitriles is 1. The second-order valence-corrected chi connectivity index (χ2v) is 5.32. The predicted molar refractivity (Wildman–Crippen MR) is 96.0 cm³/mol. The van der Waals surface area contributed by atoms with Crippen LogP contribution in [0.5, 0.6) is 11.5 Å². The Bertz CT molecular complexity index is 529. The van der Waals surface area contributed by atoms with Crippen LogP contribution in [0.15, 0.2) is 12.1 Å². The molecule has 0 amide bonds. The molecule has 1 aliphatic rings. The molecule has 0 radical (unpaired) electrons. The number of rotatable bonds is 5. The van der Waals surface area contributed by atoms with Crippen molar-refractivity contribution >= 4 is 24.8 Å². The zero-order valence-electron chi connectivity index (χ0n) is 13.5. The summed E-state index contributed by atoms with van der Waals surface area (Å²) in [7, 11) is 1.51. The highest BCUT2D eigenvalue weighted by Crippen LogP contribution is 2.39. The monoisotopic (exact) mass is 361 g/mol. The van der Waals surface area contributed by atoms with E-state index in [4.69, 9.17) is 4.74 Å². The summed E-state index contributed by atoms with van der Waals surface area (Å²) in [5.41, 5.74) is 1.32. The lowest BCUT2D eigenvalue weighted by Crippen LogP contribution is -2.45. The number of nitrogens with zero attached hydrogens (tertiary/aromatic N) is 2. The van der Waals surface area contributed by atoms with Gasteiger partial charge in [-0.15, -0.1) is 24.8 Å². The molecule has 0 unspecified atom stereocenters. The minimum Gasteiger partial charge on any atom is -0.504 e. The van der Waals surface area contributed by atoms with E-state index in [0.29, 0.717) is 11.3 Å². The molecule has 7 heteroatoms. The molecule has 0 spiro atoms. The number of phenolic OH excluding ortho intramolecular Hbond substituents is 1. The Hall–Kier alpha value is -1.19. The maximum Gasteiger partial charge on any atom is 0.162 e. The highest BCUT2D eigenvalue weighted by molar-refractivity contribution is 5.85. The number of halogens is 2. The van der Waals surface area contributed by atoms with Crippen LogP contribution in [0.25, 0.3) is 0 Å². The van der Waals surface area contributed by atoms with Crippen LogP contribution in [0.1, 0.15) is 36.9 Å². The van der Waals surface area contributed by atoms with Crippen molar-refractivity contribution in [3.8, 4) is 17.6 Å². The van der Waals surface area contributed by atoms with Gasteiger partial charge in [-0.2, -0.15) is 5.26 Å². The summed E-state index contributed by atoms with van der Waals surface area (Å²) in [6.07, 6.45) is 1.97. The molecular formula is C16H25Cl2N3O2. The van der Waals surface area contributed by atoms with E-state index < -0.39 is 0 Å². The molecule has 1 saturated heterocycles. The van der Waals surface area contributed by atoms with Crippen molar-refractivity contribution in [1.82, 2.24) is 10.2 Å². The third-order valence-corrected chi connectivity index (χ3v) is 3.97. The van der Waals surface area contributed by atoms with Gasteiger partial charge in [0.05, 0.1) is 18.7 Å². The Morgan fingerprint density at radius 3 is 2.52 bits per heavy atom. The van der Waals surface area contributed by atoms with Crippen molar-refractivity contribution < 1.29 is 9.84 Å². The lowest BCUT2D eigenvalue weighted by molar-refractivity contribution is 0.161. The van der Waals surface area contributed by atoms with Crippen LogP contribution >= 0.6 is 24.8 Å². The largest absolute Gasteiger partial charge is 0.504 e. The van der Waals surface area contributed by atoms with Gasteiger partial charge >= 0.3 is 0 Å². The van der Waals surface area contributed by atoms with Gasteiger partial charge < -0.3 is 15.2 Å². The Labute approximate surface area is 150 Å². The second kappa shape index (κ2) is 10.6. The summed E-state index contributed by atoms with van der Waals surface area (Å²) in [5, 5.41) is 23.0. The minimum absolute atomic E-state index is 0. The van der Waals surface area contributed by atoms with Crippen LogP contribution in [0, 0.1) is 11.3 Å². The highest BCUT2D eigenvalue weighted by Gasteiger charge is 2.25. The Balaban J connectivity index is 0.00000242. The van der Waals surface area contributed by atoms with Crippen LogP contribution in [-0.2, 0) is 0 Å². The fourth-order valence-corrected chi connectivity index (χ4v) is 2.91. The quantitative estimate of drug-likeness (QED) is 0.843. The molecule has 130 valence electrons. The van der Waals surface area contributed by atoms with Gasteiger partial charge in [-0.25, -0.2) is 0 Å². The normalized spacial score (nSPS) is 15.7. The summed E-state index contributed by atoms with van der Waals surface area (Å²) in [5.74, 6) is 0.536. The lowest BCUT2D eigenvalue weighted by atomic mass is 9.96. The highest BCUT2D eigenvalue weighted by atomic mass is 35.5. The van der Waals surface area contributed by atoms with Gasteiger partial charge in [-0.1, -0.05) is 13.3 Å². The summed E-state index contributed by atoms with van der Waals surface area (Å²) in [6, 6.07) is 5.65. The van der Waals surface area contributed by atoms with Gasteiger partial charge in [-0.05, 0) is 12.5 Å². The van der Waals surface area contributed by atoms with Crippen molar-refractivity contribution in [1.29, 1.82) is 5.26 Å². The number of ether oxygens (including phenoxy) is 1. The fraction of sp³-hybridized carbons (Fsp3) is 0.562. The lowest BCUT2D eigenvalue weighted by Gasteiger charge is -2.35. The molecule has 1 aliphatic heterocycles. The first-order valence-electron chi connectivity index (χ1n) is 7.47. The van der Waals surface area contributed by atoms with Crippen LogP contribution in [0.4, 0.5) is 0 Å². The molecule has 2 N–H and O–H groups in total. The van der Waals surface area contributed by atoms with Crippen molar-refractivity contribution in [2.75, 3.05) is 33.3 Å². The van der Waals surface area contributed by atoms with E-state index in [-0.39, 0.29) is 36.6 Å². The van der Waals surface area contributed by atoms with Crippen LogP contribution in [0.2, 0.25) is 0 Å². The Kier molecular flexibility index (Phi) is 10.0. The number of methoxy groups -OCH3 is 1. The van der Waals surface area contributed by atoms with Gasteiger partial charge in [0.2, 0.25) is 0 Å². The van der Waals surface area contributed by atoms with Crippen molar-refractivity contribution in [2.24, 2.45) is 0 Å². The first-order valence-corrected chi connectivity index (χ1v) is 7.47. The van der Waals surface area contributed by atoms with Gasteiger partial charge in [0.15, 0.2) is 11.5 Å². The molecule has 1 atom stereocenters. The summed E-state index contributed by atoms with van der Waals surface area (Å²) >= 11 is 0. The average Bonchev–Trinajstić information content (AvgIpc) is 2.54. The predicted octanol–water partition coefficient (Wildman–Crippen LogP) is 2.86. The van der Waals surface area contributed by atoms with E-state index in [1.807, 2.05) is 0 Å². The smallest absolute Gasteiger partial charge is 0.162 e. The topological polar surface area (TPSA) is 68.5 Å². The first kappa shape index (κ1) is 21.8. The molecule has 0 bridgehead atoms. The number of phenols is 1. The molecule has 5 nitrogen and oxygen atoms in total. The van der Waals surface area contributed by atoms with E-state index in [2.05, 4.69) is 23.2 Å². The Morgan fingerprint density at radius 2 is 2.00 bits per heavy atom. The summed E-state index contributed by atoms with van der Waals surface area (Å²) in [4.78, 5) is 2.37. The molecule has 1 heterocycles. The number of piperazine rings is 1. The molecule has 1 fully saturated rings. The minimum atomic E-state index is 0. The van der Waals surface area contributed by atoms with Gasteiger partial charge in [0, 0.05) is 43.9 Å². The fourth-order valence-electron chi connectivity index (χ4n) is 2.91. The first-order chi connectivity index (χ1) is 10.2. The van der Waals surface area contributed by atoms with Gasteiger partial charge in [0.1, 0.15) is 0 Å². The molecule has 2 rings (SSSR count). The number of nitrogens with one attached hydrogen (secondary N) is 1. The van der Waals surface area contributed by atoms with Crippen LogP contribution in [0.3, 0.4) is 0 Å². The van der Waals surface area contributed by atoms with Gasteiger partial charge in [-0.3, -0.25) is 4.90 Å². The van der Waals surface area contributed by atoms with E-state index in [9.17, 15) is 10.4 Å². The van der Waals surface area contributed by atoms with Crippen molar-refractivity contribution in [3.63, 3.8) is 0 Å². The van der Waals surface area contributed by atoms with E-state index in [1.54, 1.807) is 12.1 Å². The van der Waals surface area contributed by atoms with Crippen LogP contribution < -0.4 is 10.1 Å². The van der Waals surface area contributed by atoms with E-state index in [1.165, 1.54) is 7.11 Å². The average molecular weight is 362 g/mol. The number of aromatic hydroxyl groups is 1. The van der Waals surface area contributed by atoms with E-state index in [0.717, 1.165) is 44.6 Å². The van der Waals surface area contributed by atoms with Gasteiger partial charge in [0.25, 0.3) is 0 Å². The summed E-state index contributed by atoms with van der Waals surface area (Å²) in [6.45, 7) is 5.94. The van der Waals surface area contributed by atoms with E-state index >= 15 is 0 Å². The number of benzene rings is 1. The molecule has 1 aromatic rings. The molecule has 0 aromatic heterocycles. The third kappa shape index (κ3) is 5.15. The third-order valence-electron chi connectivity index (χ3n) is 3.97. The second-order valence-electron chi connectivity index (χ2n) is 5.32.